The molecule has 3 heteroatoms. The van der Waals surface area contributed by atoms with Gasteiger partial charge >= 0.3 is 0 Å². The summed E-state index contributed by atoms with van der Waals surface area (Å²) in [7, 11) is 0. The highest BCUT2D eigenvalue weighted by atomic mass is 79.9. The van der Waals surface area contributed by atoms with E-state index < -0.39 is 0 Å². The normalized spacial score (nSPS) is 25.0. The van der Waals surface area contributed by atoms with E-state index in [4.69, 9.17) is 9.47 Å². The zero-order valence-corrected chi connectivity index (χ0v) is 14.4. The first-order valence-electron chi connectivity index (χ1n) is 8.27. The molecule has 0 aromatic heterocycles. The Morgan fingerprint density at radius 3 is 2.38 bits per heavy atom. The van der Waals surface area contributed by atoms with Crippen molar-refractivity contribution < 1.29 is 9.47 Å². The van der Waals surface area contributed by atoms with Gasteiger partial charge in [-0.2, -0.15) is 0 Å². The number of alkyl halides is 1. The van der Waals surface area contributed by atoms with Gasteiger partial charge in [0.1, 0.15) is 0 Å². The summed E-state index contributed by atoms with van der Waals surface area (Å²) in [5.74, 6) is 3.00. The Kier molecular flexibility index (Phi) is 5.10. The zero-order valence-electron chi connectivity index (χ0n) is 12.8. The molecular weight excluding hydrogens is 328 g/mol. The van der Waals surface area contributed by atoms with Crippen molar-refractivity contribution in [3.8, 4) is 11.5 Å². The maximum absolute atomic E-state index is 5.92. The lowest BCUT2D eigenvalue weighted by molar-refractivity contribution is 0.228. The second-order valence-electron chi connectivity index (χ2n) is 6.59. The van der Waals surface area contributed by atoms with E-state index in [1.807, 2.05) is 0 Å². The highest BCUT2D eigenvalue weighted by Crippen LogP contribution is 2.42. The zero-order chi connectivity index (χ0) is 14.7. The van der Waals surface area contributed by atoms with E-state index in [-0.39, 0.29) is 0 Å². The van der Waals surface area contributed by atoms with Crippen LogP contribution in [0.2, 0.25) is 0 Å². The molecule has 1 aromatic carbocycles. The Balaban J connectivity index is 1.76. The van der Waals surface area contributed by atoms with Gasteiger partial charge in [-0.05, 0) is 36.5 Å². The van der Waals surface area contributed by atoms with Crippen LogP contribution in [0.1, 0.15) is 55.8 Å². The van der Waals surface area contributed by atoms with Crippen LogP contribution in [0, 0.1) is 11.8 Å². The average molecular weight is 353 g/mol. The lowest BCUT2D eigenvalue weighted by atomic mass is 9.92. The molecule has 0 bridgehead atoms. The third kappa shape index (κ3) is 3.74. The van der Waals surface area contributed by atoms with E-state index in [2.05, 4.69) is 41.1 Å². The Morgan fingerprint density at radius 2 is 1.67 bits per heavy atom. The largest absolute Gasteiger partial charge is 0.489 e. The van der Waals surface area contributed by atoms with E-state index in [0.717, 1.165) is 30.6 Å². The monoisotopic (exact) mass is 352 g/mol. The minimum atomic E-state index is 0.435. The van der Waals surface area contributed by atoms with Crippen LogP contribution in [0.4, 0.5) is 0 Å². The molecule has 1 fully saturated rings. The molecule has 2 aliphatic rings. The highest BCUT2D eigenvalue weighted by Gasteiger charge is 2.24. The van der Waals surface area contributed by atoms with Crippen LogP contribution in [0.5, 0.6) is 11.5 Å². The fourth-order valence-electron chi connectivity index (χ4n) is 3.32. The van der Waals surface area contributed by atoms with Crippen LogP contribution in [0.3, 0.4) is 0 Å². The molecule has 1 aliphatic carbocycles. The highest BCUT2D eigenvalue weighted by molar-refractivity contribution is 9.09. The number of hydrogen-bond acceptors (Lipinski definition) is 2. The van der Waals surface area contributed by atoms with E-state index in [1.165, 1.54) is 44.1 Å². The van der Waals surface area contributed by atoms with Gasteiger partial charge in [-0.1, -0.05) is 54.6 Å². The van der Waals surface area contributed by atoms with Gasteiger partial charge in [0.05, 0.1) is 13.2 Å². The van der Waals surface area contributed by atoms with Crippen LogP contribution in [0.15, 0.2) is 18.2 Å². The van der Waals surface area contributed by atoms with Crippen LogP contribution < -0.4 is 9.47 Å². The maximum atomic E-state index is 5.92. The van der Waals surface area contributed by atoms with Gasteiger partial charge in [0, 0.05) is 10.7 Å². The molecule has 116 valence electrons. The number of rotatable bonds is 2. The molecule has 0 spiro atoms. The molecule has 0 N–H and O–H groups in total. The van der Waals surface area contributed by atoms with Crippen molar-refractivity contribution in [2.45, 2.75) is 50.3 Å². The molecule has 1 saturated carbocycles. The van der Waals surface area contributed by atoms with Crippen LogP contribution in [-0.4, -0.2) is 13.2 Å². The molecule has 3 rings (SSSR count). The summed E-state index contributed by atoms with van der Waals surface area (Å²) < 4.78 is 11.7. The molecule has 2 atom stereocenters. The Morgan fingerprint density at radius 1 is 1.00 bits per heavy atom. The number of fused-ring (bicyclic) bond motifs is 1. The summed E-state index contributed by atoms with van der Waals surface area (Å²) in [4.78, 5) is 0.435. The summed E-state index contributed by atoms with van der Waals surface area (Å²) in [6, 6.07) is 6.45. The van der Waals surface area contributed by atoms with Crippen LogP contribution >= 0.6 is 15.9 Å². The number of halogens is 1. The molecule has 2 nitrogen and oxygen atoms in total. The third-order valence-electron chi connectivity index (χ3n) is 4.65. The van der Waals surface area contributed by atoms with Gasteiger partial charge in [-0.25, -0.2) is 0 Å². The first-order chi connectivity index (χ1) is 10.2. The summed E-state index contributed by atoms with van der Waals surface area (Å²) in [5, 5.41) is 0. The number of benzene rings is 1. The van der Waals surface area contributed by atoms with Gasteiger partial charge in [0.25, 0.3) is 0 Å². The molecule has 21 heavy (non-hydrogen) atoms. The molecule has 1 aromatic rings. The topological polar surface area (TPSA) is 18.5 Å². The SMILES string of the molecule is CC1COc2ccc(C(Br)C3CCCCCC3)cc2OC1. The maximum Gasteiger partial charge on any atom is 0.161 e. The fourth-order valence-corrected chi connectivity index (χ4v) is 4.13. The van der Waals surface area contributed by atoms with Crippen molar-refractivity contribution in [3.05, 3.63) is 23.8 Å². The van der Waals surface area contributed by atoms with Crippen molar-refractivity contribution in [2.75, 3.05) is 13.2 Å². The number of hydrogen-bond donors (Lipinski definition) is 0. The van der Waals surface area contributed by atoms with E-state index in [9.17, 15) is 0 Å². The molecular formula is C18H25BrO2. The van der Waals surface area contributed by atoms with Gasteiger partial charge in [-0.3, -0.25) is 0 Å². The summed E-state index contributed by atoms with van der Waals surface area (Å²) in [6.07, 6.45) is 8.21. The Labute approximate surface area is 136 Å². The lowest BCUT2D eigenvalue weighted by Crippen LogP contribution is -2.12. The minimum absolute atomic E-state index is 0.435. The van der Waals surface area contributed by atoms with Crippen molar-refractivity contribution in [1.82, 2.24) is 0 Å². The number of ether oxygens (including phenoxy) is 2. The van der Waals surface area contributed by atoms with Gasteiger partial charge in [-0.15, -0.1) is 0 Å². The predicted octanol–water partition coefficient (Wildman–Crippen LogP) is 5.50. The average Bonchev–Trinajstić information content (AvgIpc) is 2.88. The Bertz CT molecular complexity index is 466. The molecule has 0 radical (unpaired) electrons. The third-order valence-corrected chi connectivity index (χ3v) is 5.92. The van der Waals surface area contributed by atoms with Crippen molar-refractivity contribution in [2.24, 2.45) is 11.8 Å². The molecule has 1 aliphatic heterocycles. The van der Waals surface area contributed by atoms with Crippen LogP contribution in [-0.2, 0) is 0 Å². The quantitative estimate of drug-likeness (QED) is 0.516. The molecule has 0 saturated heterocycles. The van der Waals surface area contributed by atoms with Crippen molar-refractivity contribution in [3.63, 3.8) is 0 Å². The lowest BCUT2D eigenvalue weighted by Gasteiger charge is -2.22. The van der Waals surface area contributed by atoms with Gasteiger partial charge in [0.15, 0.2) is 11.5 Å². The van der Waals surface area contributed by atoms with Crippen molar-refractivity contribution >= 4 is 15.9 Å². The van der Waals surface area contributed by atoms with E-state index in [1.54, 1.807) is 0 Å². The van der Waals surface area contributed by atoms with Crippen LogP contribution in [0.25, 0.3) is 0 Å². The second-order valence-corrected chi connectivity index (χ2v) is 7.57. The molecule has 1 heterocycles. The summed E-state index contributed by atoms with van der Waals surface area (Å²) in [6.45, 7) is 3.64. The predicted molar refractivity (Wildman–Crippen MR) is 89.5 cm³/mol. The smallest absolute Gasteiger partial charge is 0.161 e. The summed E-state index contributed by atoms with van der Waals surface area (Å²) >= 11 is 3.95. The Hall–Kier alpha value is -0.700. The molecule has 2 unspecified atom stereocenters. The minimum Gasteiger partial charge on any atom is -0.489 e. The van der Waals surface area contributed by atoms with E-state index in [0.29, 0.717) is 10.7 Å². The first kappa shape index (κ1) is 15.2. The van der Waals surface area contributed by atoms with Crippen molar-refractivity contribution in [1.29, 1.82) is 0 Å². The van der Waals surface area contributed by atoms with Gasteiger partial charge < -0.3 is 9.47 Å². The van der Waals surface area contributed by atoms with Gasteiger partial charge in [0.2, 0.25) is 0 Å². The van der Waals surface area contributed by atoms with E-state index >= 15 is 0 Å². The summed E-state index contributed by atoms with van der Waals surface area (Å²) in [5.41, 5.74) is 1.33. The second kappa shape index (κ2) is 7.04. The standard InChI is InChI=1S/C18H25BrO2/c1-13-11-20-16-9-8-15(10-17(16)21-12-13)18(19)14-6-4-2-3-5-7-14/h8-10,13-14,18H,2-7,11-12H2,1H3. The fraction of sp³-hybridized carbons (Fsp3) is 0.667. The molecule has 0 amide bonds. The first-order valence-corrected chi connectivity index (χ1v) is 9.19.